The summed E-state index contributed by atoms with van der Waals surface area (Å²) in [6.07, 6.45) is 0. The van der Waals surface area contributed by atoms with Crippen LogP contribution in [0.4, 0.5) is 10.3 Å². The highest BCUT2D eigenvalue weighted by Gasteiger charge is 2.13. The summed E-state index contributed by atoms with van der Waals surface area (Å²) >= 11 is 14.9. The fraction of sp³-hybridized carbons (Fsp3) is 0.200. The number of aromatic nitrogens is 2. The molecule has 4 rings (SSSR count). The van der Waals surface area contributed by atoms with Crippen LogP contribution in [0.1, 0.15) is 11.1 Å². The third kappa shape index (κ3) is 4.81. The Bertz CT molecular complexity index is 1220. The van der Waals surface area contributed by atoms with Crippen LogP contribution >= 0.6 is 45.9 Å². The van der Waals surface area contributed by atoms with E-state index in [0.717, 1.165) is 31.6 Å². The predicted molar refractivity (Wildman–Crippen MR) is 127 cm³/mol. The van der Waals surface area contributed by atoms with Gasteiger partial charge in [-0.05, 0) is 49.2 Å². The van der Waals surface area contributed by atoms with Gasteiger partial charge in [-0.3, -0.25) is 20.2 Å². The van der Waals surface area contributed by atoms with Gasteiger partial charge in [-0.1, -0.05) is 45.9 Å². The number of benzene rings is 2. The zero-order valence-electron chi connectivity index (χ0n) is 16.4. The van der Waals surface area contributed by atoms with Crippen molar-refractivity contribution in [1.82, 2.24) is 9.97 Å². The number of ether oxygens (including phenoxy) is 1. The molecule has 0 unspecified atom stereocenters. The number of halogens is 2. The molecule has 0 aliphatic rings. The van der Waals surface area contributed by atoms with Crippen LogP contribution in [0.2, 0.25) is 10.0 Å². The predicted octanol–water partition coefficient (Wildman–Crippen LogP) is 5.42. The van der Waals surface area contributed by atoms with Gasteiger partial charge in [0.05, 0.1) is 20.4 Å². The fourth-order valence-electron chi connectivity index (χ4n) is 2.86. The zero-order chi connectivity index (χ0) is 22.1. The molecule has 0 saturated heterocycles. The summed E-state index contributed by atoms with van der Waals surface area (Å²) in [5, 5.41) is 7.49. The van der Waals surface area contributed by atoms with E-state index in [1.807, 2.05) is 26.0 Å². The molecule has 0 spiro atoms. The smallest absolute Gasteiger partial charge is 0.252 e. The van der Waals surface area contributed by atoms with Gasteiger partial charge in [-0.2, -0.15) is 0 Å². The van der Waals surface area contributed by atoms with E-state index in [-0.39, 0.29) is 13.2 Å². The number of rotatable bonds is 6. The van der Waals surface area contributed by atoms with Gasteiger partial charge in [0.15, 0.2) is 10.3 Å². The van der Waals surface area contributed by atoms with E-state index in [1.54, 1.807) is 12.1 Å². The Morgan fingerprint density at radius 2 is 1.26 bits per heavy atom. The molecule has 31 heavy (non-hydrogen) atoms. The van der Waals surface area contributed by atoms with Crippen molar-refractivity contribution >= 4 is 88.4 Å². The molecule has 2 heterocycles. The molecule has 0 radical (unpaired) electrons. The monoisotopic (exact) mass is 494 g/mol. The Kier molecular flexibility index (Phi) is 6.40. The SMILES string of the molecule is Cc1c(Cl)ccc2sc(NC(=O)COCC(=O)Nc3nc4c(C)c(Cl)ccc4s3)nc12. The normalized spacial score (nSPS) is 11.2. The number of carbonyl (C=O) groups excluding carboxylic acids is 2. The first kappa shape index (κ1) is 21.9. The molecule has 0 atom stereocenters. The van der Waals surface area contributed by atoms with E-state index in [9.17, 15) is 9.59 Å². The van der Waals surface area contributed by atoms with E-state index >= 15 is 0 Å². The second-order valence-corrected chi connectivity index (χ2v) is 9.54. The maximum absolute atomic E-state index is 12.1. The largest absolute Gasteiger partial charge is 0.362 e. The number of hydrogen-bond acceptors (Lipinski definition) is 7. The first-order chi connectivity index (χ1) is 14.8. The Morgan fingerprint density at radius 1 is 0.839 bits per heavy atom. The van der Waals surface area contributed by atoms with Crippen LogP contribution in [0.15, 0.2) is 24.3 Å². The number of carbonyl (C=O) groups is 2. The van der Waals surface area contributed by atoms with Crippen LogP contribution in [0.3, 0.4) is 0 Å². The van der Waals surface area contributed by atoms with Gasteiger partial charge in [0.1, 0.15) is 13.2 Å². The van der Waals surface area contributed by atoms with Crippen molar-refractivity contribution in [3.63, 3.8) is 0 Å². The maximum atomic E-state index is 12.1. The molecule has 0 saturated carbocycles. The lowest BCUT2D eigenvalue weighted by molar-refractivity contribution is -0.125. The zero-order valence-corrected chi connectivity index (χ0v) is 19.6. The average Bonchev–Trinajstić information content (AvgIpc) is 3.32. The van der Waals surface area contributed by atoms with E-state index < -0.39 is 11.8 Å². The molecule has 2 aromatic heterocycles. The van der Waals surface area contributed by atoms with Crippen molar-refractivity contribution < 1.29 is 14.3 Å². The molecule has 160 valence electrons. The third-order valence-corrected chi connectivity index (χ3v) is 7.15. The number of anilines is 2. The summed E-state index contributed by atoms with van der Waals surface area (Å²) in [5.74, 6) is -0.804. The van der Waals surface area contributed by atoms with Gasteiger partial charge >= 0.3 is 0 Å². The average molecular weight is 495 g/mol. The summed E-state index contributed by atoms with van der Waals surface area (Å²) in [6, 6.07) is 7.31. The molecule has 4 aromatic rings. The second-order valence-electron chi connectivity index (χ2n) is 6.67. The van der Waals surface area contributed by atoms with E-state index in [4.69, 9.17) is 27.9 Å². The van der Waals surface area contributed by atoms with E-state index in [0.29, 0.717) is 20.3 Å². The van der Waals surface area contributed by atoms with Crippen LogP contribution in [0.25, 0.3) is 20.4 Å². The molecule has 0 aliphatic carbocycles. The van der Waals surface area contributed by atoms with Gasteiger partial charge < -0.3 is 4.74 Å². The lowest BCUT2D eigenvalue weighted by atomic mass is 10.2. The molecule has 2 amide bonds. The molecule has 0 fully saturated rings. The summed E-state index contributed by atoms with van der Waals surface area (Å²) in [7, 11) is 0. The minimum absolute atomic E-state index is 0.280. The minimum atomic E-state index is -0.402. The number of nitrogens with one attached hydrogen (secondary N) is 2. The van der Waals surface area contributed by atoms with Crippen molar-refractivity contribution in [2.24, 2.45) is 0 Å². The third-order valence-electron chi connectivity index (χ3n) is 4.45. The number of amides is 2. The van der Waals surface area contributed by atoms with Gasteiger partial charge in [0, 0.05) is 10.0 Å². The number of hydrogen-bond donors (Lipinski definition) is 2. The van der Waals surface area contributed by atoms with Crippen LogP contribution in [-0.2, 0) is 14.3 Å². The first-order valence-corrected chi connectivity index (χ1v) is 11.5. The summed E-state index contributed by atoms with van der Waals surface area (Å²) in [4.78, 5) is 33.0. The highest BCUT2D eigenvalue weighted by atomic mass is 35.5. The molecule has 0 bridgehead atoms. The molecule has 0 aliphatic heterocycles. The highest BCUT2D eigenvalue weighted by Crippen LogP contribution is 2.32. The van der Waals surface area contributed by atoms with Crippen LogP contribution < -0.4 is 10.6 Å². The second kappa shape index (κ2) is 9.05. The van der Waals surface area contributed by atoms with Crippen LogP contribution in [0, 0.1) is 13.8 Å². The molecular weight excluding hydrogens is 479 g/mol. The molecular formula is C20H16Cl2N4O3S2. The Labute approximate surface area is 195 Å². The van der Waals surface area contributed by atoms with Crippen molar-refractivity contribution in [2.45, 2.75) is 13.8 Å². The van der Waals surface area contributed by atoms with E-state index in [1.165, 1.54) is 22.7 Å². The molecule has 11 heteroatoms. The Balaban J connectivity index is 1.29. The fourth-order valence-corrected chi connectivity index (χ4v) is 5.04. The minimum Gasteiger partial charge on any atom is -0.362 e. The number of thiazole rings is 2. The van der Waals surface area contributed by atoms with E-state index in [2.05, 4.69) is 20.6 Å². The lowest BCUT2D eigenvalue weighted by Crippen LogP contribution is -2.23. The standard InChI is InChI=1S/C20H16Cl2N4O3S2/c1-9-11(21)3-5-13-17(9)25-19(30-13)23-15(27)7-29-8-16(28)24-20-26-18-10(2)12(22)4-6-14(18)31-20/h3-6H,7-8H2,1-2H3,(H,23,25,27)(H,24,26,28). The summed E-state index contributed by atoms with van der Waals surface area (Å²) in [5.41, 5.74) is 3.22. The van der Waals surface area contributed by atoms with Gasteiger partial charge in [0.2, 0.25) is 0 Å². The number of aryl methyl sites for hydroxylation is 2. The van der Waals surface area contributed by atoms with Crippen LogP contribution in [-0.4, -0.2) is 35.0 Å². The van der Waals surface area contributed by atoms with Crippen molar-refractivity contribution in [3.8, 4) is 0 Å². The first-order valence-electron chi connectivity index (χ1n) is 9.10. The summed E-state index contributed by atoms with van der Waals surface area (Å²) < 4.78 is 7.07. The molecule has 2 aromatic carbocycles. The number of nitrogens with zero attached hydrogens (tertiary/aromatic N) is 2. The van der Waals surface area contributed by atoms with Gasteiger partial charge in [0.25, 0.3) is 11.8 Å². The van der Waals surface area contributed by atoms with Crippen LogP contribution in [0.5, 0.6) is 0 Å². The van der Waals surface area contributed by atoms with Gasteiger partial charge in [-0.25, -0.2) is 9.97 Å². The molecule has 7 nitrogen and oxygen atoms in total. The van der Waals surface area contributed by atoms with Crippen molar-refractivity contribution in [3.05, 3.63) is 45.4 Å². The lowest BCUT2D eigenvalue weighted by Gasteiger charge is -2.04. The van der Waals surface area contributed by atoms with Crippen molar-refractivity contribution in [2.75, 3.05) is 23.8 Å². The van der Waals surface area contributed by atoms with Gasteiger partial charge in [-0.15, -0.1) is 0 Å². The van der Waals surface area contributed by atoms with Crippen molar-refractivity contribution in [1.29, 1.82) is 0 Å². The maximum Gasteiger partial charge on any atom is 0.252 e. The topological polar surface area (TPSA) is 93.2 Å². The summed E-state index contributed by atoms with van der Waals surface area (Å²) in [6.45, 7) is 3.19. The molecule has 2 N–H and O–H groups in total. The number of fused-ring (bicyclic) bond motifs is 2. The highest BCUT2D eigenvalue weighted by molar-refractivity contribution is 7.22. The Morgan fingerprint density at radius 3 is 1.68 bits per heavy atom. The quantitative estimate of drug-likeness (QED) is 0.373. The Hall–Kier alpha value is -2.30.